The Morgan fingerprint density at radius 3 is 3.04 bits per heavy atom. The van der Waals surface area contributed by atoms with Gasteiger partial charge in [0.2, 0.25) is 5.91 Å². The third-order valence-electron chi connectivity index (χ3n) is 3.98. The molecular weight excluding hydrogens is 300 g/mol. The summed E-state index contributed by atoms with van der Waals surface area (Å²) in [4.78, 5) is 13.9. The number of nitrogens with zero attached hydrogens (tertiary/aromatic N) is 3. The molecule has 0 bridgehead atoms. The Morgan fingerprint density at radius 2 is 2.35 bits per heavy atom. The number of aliphatic hydroxyl groups is 1. The molecule has 0 saturated heterocycles. The average molecular weight is 320 g/mol. The molecule has 8 heteroatoms. The number of hydrogen-bond acceptors (Lipinski definition) is 7. The molecule has 1 aliphatic carbocycles. The van der Waals surface area contributed by atoms with Crippen LogP contribution in [0.5, 0.6) is 0 Å². The van der Waals surface area contributed by atoms with Crippen LogP contribution in [0.3, 0.4) is 0 Å². The first-order chi connectivity index (χ1) is 11.1. The Labute approximate surface area is 133 Å². The molecule has 2 aromatic rings. The van der Waals surface area contributed by atoms with Gasteiger partial charge in [-0.3, -0.25) is 15.0 Å². The quantitative estimate of drug-likeness (QED) is 0.828. The van der Waals surface area contributed by atoms with E-state index in [9.17, 15) is 9.90 Å². The summed E-state index contributed by atoms with van der Waals surface area (Å²) in [6.45, 7) is 0.887. The van der Waals surface area contributed by atoms with Gasteiger partial charge in [-0.05, 0) is 37.9 Å². The van der Waals surface area contributed by atoms with Gasteiger partial charge in [0.05, 0.1) is 18.9 Å². The van der Waals surface area contributed by atoms with Crippen molar-refractivity contribution in [3.63, 3.8) is 0 Å². The maximum atomic E-state index is 12.0. The molecule has 1 saturated carbocycles. The third-order valence-corrected chi connectivity index (χ3v) is 3.98. The molecule has 23 heavy (non-hydrogen) atoms. The van der Waals surface area contributed by atoms with Crippen molar-refractivity contribution >= 4 is 11.9 Å². The van der Waals surface area contributed by atoms with E-state index in [0.717, 1.165) is 19.3 Å². The van der Waals surface area contributed by atoms with Crippen molar-refractivity contribution in [2.75, 3.05) is 25.5 Å². The van der Waals surface area contributed by atoms with Gasteiger partial charge in [-0.2, -0.15) is 0 Å². The summed E-state index contributed by atoms with van der Waals surface area (Å²) in [5.74, 6) is 0.662. The Kier molecular flexibility index (Phi) is 4.73. The van der Waals surface area contributed by atoms with Crippen LogP contribution in [-0.2, 0) is 4.79 Å². The van der Waals surface area contributed by atoms with Crippen LogP contribution in [0.25, 0.3) is 11.7 Å². The van der Waals surface area contributed by atoms with Crippen molar-refractivity contribution in [1.82, 2.24) is 15.1 Å². The zero-order chi connectivity index (χ0) is 16.2. The highest BCUT2D eigenvalue weighted by molar-refractivity contribution is 5.90. The number of nitrogens with one attached hydrogen (secondary N) is 1. The highest BCUT2D eigenvalue weighted by Gasteiger charge is 2.26. The molecule has 2 N–H and O–H groups in total. The number of aromatic nitrogens is 2. The van der Waals surface area contributed by atoms with Gasteiger partial charge in [0.15, 0.2) is 5.76 Å². The number of carbonyl (C=O) groups is 1. The van der Waals surface area contributed by atoms with E-state index in [1.807, 2.05) is 11.9 Å². The summed E-state index contributed by atoms with van der Waals surface area (Å²) in [7, 11) is 1.85. The first-order valence-electron chi connectivity index (χ1n) is 7.65. The summed E-state index contributed by atoms with van der Waals surface area (Å²) in [6, 6.07) is 3.44. The van der Waals surface area contributed by atoms with Gasteiger partial charge < -0.3 is 13.9 Å². The van der Waals surface area contributed by atoms with E-state index in [1.165, 1.54) is 6.26 Å². The SMILES string of the molecule is CN(CC(=O)Nc1nnc(-c2ccco2)o1)CC1CCCC1O. The lowest BCUT2D eigenvalue weighted by Crippen LogP contribution is -2.35. The molecule has 2 aromatic heterocycles. The van der Waals surface area contributed by atoms with Crippen molar-refractivity contribution in [2.45, 2.75) is 25.4 Å². The second-order valence-corrected chi connectivity index (χ2v) is 5.89. The number of rotatable bonds is 6. The lowest BCUT2D eigenvalue weighted by Gasteiger charge is -2.22. The molecule has 2 heterocycles. The molecule has 0 spiro atoms. The number of carbonyl (C=O) groups excluding carboxylic acids is 1. The summed E-state index contributed by atoms with van der Waals surface area (Å²) in [6.07, 6.45) is 4.14. The van der Waals surface area contributed by atoms with Gasteiger partial charge in [0.25, 0.3) is 5.89 Å². The summed E-state index contributed by atoms with van der Waals surface area (Å²) in [5.41, 5.74) is 0. The fourth-order valence-electron chi connectivity index (χ4n) is 2.87. The fraction of sp³-hybridized carbons (Fsp3) is 0.533. The van der Waals surface area contributed by atoms with Crippen LogP contribution in [0.15, 0.2) is 27.2 Å². The smallest absolute Gasteiger partial charge is 0.322 e. The number of likely N-dealkylation sites (N-methyl/N-ethyl adjacent to an activating group) is 1. The number of hydrogen-bond donors (Lipinski definition) is 2. The summed E-state index contributed by atoms with van der Waals surface area (Å²) >= 11 is 0. The number of amides is 1. The molecule has 0 radical (unpaired) electrons. The van der Waals surface area contributed by atoms with Crippen LogP contribution in [0.4, 0.5) is 6.01 Å². The molecule has 124 valence electrons. The van der Waals surface area contributed by atoms with Gasteiger partial charge in [0.1, 0.15) is 0 Å². The molecule has 3 rings (SSSR count). The predicted octanol–water partition coefficient (Wildman–Crippen LogP) is 1.36. The average Bonchev–Trinajstić information content (AvgIpc) is 3.21. The van der Waals surface area contributed by atoms with Gasteiger partial charge >= 0.3 is 6.01 Å². The number of aliphatic hydroxyl groups excluding tert-OH is 1. The van der Waals surface area contributed by atoms with Crippen LogP contribution < -0.4 is 5.32 Å². The topological polar surface area (TPSA) is 105 Å². The predicted molar refractivity (Wildman–Crippen MR) is 81.5 cm³/mol. The minimum atomic E-state index is -0.257. The standard InChI is InChI=1S/C15H20N4O4/c1-19(8-10-4-2-5-11(10)20)9-13(21)16-15-18-17-14(23-15)12-6-3-7-22-12/h3,6-7,10-11,20H,2,4-5,8-9H2,1H3,(H,16,18,21). The molecule has 0 aliphatic heterocycles. The van der Waals surface area contributed by atoms with Gasteiger partial charge in [0, 0.05) is 6.54 Å². The summed E-state index contributed by atoms with van der Waals surface area (Å²) in [5, 5.41) is 20.0. The first kappa shape index (κ1) is 15.7. The van der Waals surface area contributed by atoms with Crippen molar-refractivity contribution in [2.24, 2.45) is 5.92 Å². The van der Waals surface area contributed by atoms with E-state index < -0.39 is 0 Å². The lowest BCUT2D eigenvalue weighted by molar-refractivity contribution is -0.117. The van der Waals surface area contributed by atoms with E-state index in [1.54, 1.807) is 12.1 Å². The Morgan fingerprint density at radius 1 is 1.48 bits per heavy atom. The van der Waals surface area contributed by atoms with Crippen molar-refractivity contribution in [1.29, 1.82) is 0 Å². The number of anilines is 1. The second kappa shape index (κ2) is 6.93. The highest BCUT2D eigenvalue weighted by atomic mass is 16.4. The van der Waals surface area contributed by atoms with Gasteiger partial charge in [-0.25, -0.2) is 0 Å². The van der Waals surface area contributed by atoms with Crippen LogP contribution in [0.1, 0.15) is 19.3 Å². The molecular formula is C15H20N4O4. The van der Waals surface area contributed by atoms with E-state index in [2.05, 4.69) is 15.5 Å². The van der Waals surface area contributed by atoms with Crippen LogP contribution in [0, 0.1) is 5.92 Å². The van der Waals surface area contributed by atoms with Gasteiger partial charge in [-0.15, -0.1) is 5.10 Å². The number of furan rings is 1. The highest BCUT2D eigenvalue weighted by Crippen LogP contribution is 2.26. The van der Waals surface area contributed by atoms with E-state index in [-0.39, 0.29) is 36.4 Å². The molecule has 1 fully saturated rings. The van der Waals surface area contributed by atoms with Crippen LogP contribution in [0.2, 0.25) is 0 Å². The normalized spacial score (nSPS) is 21.0. The fourth-order valence-corrected chi connectivity index (χ4v) is 2.87. The van der Waals surface area contributed by atoms with Crippen molar-refractivity contribution < 1.29 is 18.7 Å². The molecule has 2 atom stereocenters. The van der Waals surface area contributed by atoms with E-state index in [0.29, 0.717) is 12.3 Å². The van der Waals surface area contributed by atoms with Crippen LogP contribution >= 0.6 is 0 Å². The zero-order valence-electron chi connectivity index (χ0n) is 12.9. The molecule has 8 nitrogen and oxygen atoms in total. The molecule has 2 unspecified atom stereocenters. The second-order valence-electron chi connectivity index (χ2n) is 5.89. The lowest BCUT2D eigenvalue weighted by atomic mass is 10.1. The van der Waals surface area contributed by atoms with Crippen LogP contribution in [-0.4, -0.2) is 52.4 Å². The zero-order valence-corrected chi connectivity index (χ0v) is 12.9. The van der Waals surface area contributed by atoms with E-state index >= 15 is 0 Å². The Balaban J connectivity index is 1.49. The third kappa shape index (κ3) is 3.96. The van der Waals surface area contributed by atoms with Gasteiger partial charge in [-0.1, -0.05) is 11.5 Å². The molecule has 0 aromatic carbocycles. The molecule has 1 aliphatic rings. The van der Waals surface area contributed by atoms with Crippen molar-refractivity contribution in [3.8, 4) is 11.7 Å². The minimum Gasteiger partial charge on any atom is -0.459 e. The maximum absolute atomic E-state index is 12.0. The maximum Gasteiger partial charge on any atom is 0.322 e. The largest absolute Gasteiger partial charge is 0.459 e. The Hall–Kier alpha value is -2.19. The first-order valence-corrected chi connectivity index (χ1v) is 7.65. The summed E-state index contributed by atoms with van der Waals surface area (Å²) < 4.78 is 10.5. The molecule has 1 amide bonds. The van der Waals surface area contributed by atoms with Crippen molar-refractivity contribution in [3.05, 3.63) is 18.4 Å². The Bertz CT molecular complexity index is 640. The minimum absolute atomic E-state index is 0.0377. The van der Waals surface area contributed by atoms with E-state index in [4.69, 9.17) is 8.83 Å². The monoisotopic (exact) mass is 320 g/mol.